The molecular formula is C15H22O2S. The van der Waals surface area contributed by atoms with E-state index < -0.39 is 15.1 Å². The van der Waals surface area contributed by atoms with Crippen LogP contribution >= 0.6 is 0 Å². The Balaban J connectivity index is 2.92. The fourth-order valence-corrected chi connectivity index (χ4v) is 3.66. The summed E-state index contributed by atoms with van der Waals surface area (Å²) >= 11 is 0. The molecular weight excluding hydrogens is 244 g/mol. The average molecular weight is 266 g/mol. The lowest BCUT2D eigenvalue weighted by Gasteiger charge is -2.14. The van der Waals surface area contributed by atoms with Gasteiger partial charge in [0.1, 0.15) is 0 Å². The zero-order chi connectivity index (χ0) is 13.6. The van der Waals surface area contributed by atoms with Crippen molar-refractivity contribution in [2.45, 2.75) is 49.7 Å². The number of unbranched alkanes of at least 4 members (excludes halogenated alkanes) is 2. The van der Waals surface area contributed by atoms with Crippen LogP contribution in [-0.4, -0.2) is 13.7 Å². The highest BCUT2D eigenvalue weighted by Gasteiger charge is 2.24. The highest BCUT2D eigenvalue weighted by molar-refractivity contribution is 7.92. The highest BCUT2D eigenvalue weighted by atomic mass is 32.2. The van der Waals surface area contributed by atoms with Crippen LogP contribution in [0.15, 0.2) is 41.8 Å². The largest absolute Gasteiger partial charge is 0.223 e. The van der Waals surface area contributed by atoms with Gasteiger partial charge in [0.2, 0.25) is 0 Å². The third-order valence-corrected chi connectivity index (χ3v) is 5.21. The SMILES string of the molecule is C=CC(CCCCC)S(=O)(=O)c1cccc(C)c1. The van der Waals surface area contributed by atoms with Crippen molar-refractivity contribution in [3.05, 3.63) is 42.5 Å². The normalized spacial score (nSPS) is 13.2. The van der Waals surface area contributed by atoms with Gasteiger partial charge in [-0.1, -0.05) is 44.4 Å². The molecule has 0 aliphatic heterocycles. The third-order valence-electron chi connectivity index (χ3n) is 3.07. The Morgan fingerprint density at radius 1 is 1.33 bits per heavy atom. The second-order valence-electron chi connectivity index (χ2n) is 4.63. The molecule has 0 N–H and O–H groups in total. The maximum atomic E-state index is 12.4. The van der Waals surface area contributed by atoms with Crippen LogP contribution in [-0.2, 0) is 9.84 Å². The average Bonchev–Trinajstić information content (AvgIpc) is 2.34. The second kappa shape index (κ2) is 6.74. The number of hydrogen-bond acceptors (Lipinski definition) is 2. The molecule has 1 atom stereocenters. The van der Waals surface area contributed by atoms with E-state index in [0.717, 1.165) is 24.8 Å². The van der Waals surface area contributed by atoms with Crippen molar-refractivity contribution >= 4 is 9.84 Å². The van der Waals surface area contributed by atoms with Gasteiger partial charge in [0.05, 0.1) is 10.1 Å². The van der Waals surface area contributed by atoms with Gasteiger partial charge in [-0.05, 0) is 31.0 Å². The van der Waals surface area contributed by atoms with Gasteiger partial charge in [0.15, 0.2) is 9.84 Å². The monoisotopic (exact) mass is 266 g/mol. The van der Waals surface area contributed by atoms with Gasteiger partial charge in [0.25, 0.3) is 0 Å². The van der Waals surface area contributed by atoms with Crippen molar-refractivity contribution in [2.75, 3.05) is 0 Å². The molecule has 0 bridgehead atoms. The summed E-state index contributed by atoms with van der Waals surface area (Å²) in [5, 5.41) is -0.467. The molecule has 1 unspecified atom stereocenters. The van der Waals surface area contributed by atoms with Gasteiger partial charge in [-0.25, -0.2) is 8.42 Å². The first kappa shape index (κ1) is 15.0. The minimum Gasteiger partial charge on any atom is -0.223 e. The van der Waals surface area contributed by atoms with Crippen LogP contribution in [0.25, 0.3) is 0 Å². The van der Waals surface area contributed by atoms with Crippen molar-refractivity contribution in [1.29, 1.82) is 0 Å². The molecule has 100 valence electrons. The van der Waals surface area contributed by atoms with Crippen molar-refractivity contribution in [2.24, 2.45) is 0 Å². The number of benzene rings is 1. The number of hydrogen-bond donors (Lipinski definition) is 0. The van der Waals surface area contributed by atoms with E-state index in [1.54, 1.807) is 24.3 Å². The third kappa shape index (κ3) is 3.70. The van der Waals surface area contributed by atoms with E-state index in [4.69, 9.17) is 0 Å². The molecule has 0 heterocycles. The van der Waals surface area contributed by atoms with E-state index in [2.05, 4.69) is 13.5 Å². The lowest BCUT2D eigenvalue weighted by Crippen LogP contribution is -2.19. The van der Waals surface area contributed by atoms with E-state index in [1.807, 2.05) is 13.0 Å². The molecule has 2 nitrogen and oxygen atoms in total. The van der Waals surface area contributed by atoms with Crippen molar-refractivity contribution in [1.82, 2.24) is 0 Å². The molecule has 0 saturated heterocycles. The summed E-state index contributed by atoms with van der Waals surface area (Å²) in [6.07, 6.45) is 5.31. The van der Waals surface area contributed by atoms with Crippen molar-refractivity contribution < 1.29 is 8.42 Å². The Morgan fingerprint density at radius 2 is 2.06 bits per heavy atom. The van der Waals surface area contributed by atoms with Gasteiger partial charge in [0, 0.05) is 0 Å². The Kier molecular flexibility index (Phi) is 5.60. The predicted octanol–water partition coefficient (Wildman–Crippen LogP) is 3.90. The molecule has 0 amide bonds. The van der Waals surface area contributed by atoms with Crippen molar-refractivity contribution in [3.63, 3.8) is 0 Å². The summed E-state index contributed by atoms with van der Waals surface area (Å²) in [5.74, 6) is 0. The molecule has 0 spiro atoms. The summed E-state index contributed by atoms with van der Waals surface area (Å²) in [6, 6.07) is 7.08. The van der Waals surface area contributed by atoms with E-state index in [1.165, 1.54) is 0 Å². The topological polar surface area (TPSA) is 34.1 Å². The lowest BCUT2D eigenvalue weighted by molar-refractivity contribution is 0.576. The number of rotatable bonds is 7. The van der Waals surface area contributed by atoms with E-state index in [-0.39, 0.29) is 0 Å². The molecule has 0 saturated carbocycles. The van der Waals surface area contributed by atoms with E-state index in [9.17, 15) is 8.42 Å². The fraction of sp³-hybridized carbons (Fsp3) is 0.467. The van der Waals surface area contributed by atoms with E-state index in [0.29, 0.717) is 11.3 Å². The number of aryl methyl sites for hydroxylation is 1. The smallest absolute Gasteiger partial charge is 0.184 e. The summed E-state index contributed by atoms with van der Waals surface area (Å²) in [7, 11) is -3.27. The first-order valence-electron chi connectivity index (χ1n) is 6.45. The summed E-state index contributed by atoms with van der Waals surface area (Å²) in [6.45, 7) is 7.69. The minimum atomic E-state index is -3.27. The molecule has 1 rings (SSSR count). The van der Waals surface area contributed by atoms with Gasteiger partial charge in [-0.15, -0.1) is 6.58 Å². The molecule has 3 heteroatoms. The summed E-state index contributed by atoms with van der Waals surface area (Å²) < 4.78 is 24.9. The molecule has 0 aliphatic carbocycles. The minimum absolute atomic E-state index is 0.406. The van der Waals surface area contributed by atoms with Gasteiger partial charge in [-0.3, -0.25) is 0 Å². The van der Waals surface area contributed by atoms with Crippen LogP contribution in [0.3, 0.4) is 0 Å². The molecule has 0 aromatic heterocycles. The molecule has 0 radical (unpaired) electrons. The quantitative estimate of drug-likeness (QED) is 0.554. The summed E-state index contributed by atoms with van der Waals surface area (Å²) in [4.78, 5) is 0.406. The Morgan fingerprint density at radius 3 is 2.61 bits per heavy atom. The van der Waals surface area contributed by atoms with Crippen molar-refractivity contribution in [3.8, 4) is 0 Å². The van der Waals surface area contributed by atoms with Gasteiger partial charge >= 0.3 is 0 Å². The lowest BCUT2D eigenvalue weighted by atomic mass is 10.1. The maximum Gasteiger partial charge on any atom is 0.184 e. The molecule has 1 aromatic rings. The van der Waals surface area contributed by atoms with Crippen LogP contribution in [0, 0.1) is 6.92 Å². The van der Waals surface area contributed by atoms with Gasteiger partial charge < -0.3 is 0 Å². The van der Waals surface area contributed by atoms with Gasteiger partial charge in [-0.2, -0.15) is 0 Å². The number of sulfone groups is 1. The second-order valence-corrected chi connectivity index (χ2v) is 6.80. The van der Waals surface area contributed by atoms with Crippen LogP contribution < -0.4 is 0 Å². The Hall–Kier alpha value is -1.09. The molecule has 0 aliphatic rings. The molecule has 0 fully saturated rings. The zero-order valence-corrected chi connectivity index (χ0v) is 12.0. The molecule has 18 heavy (non-hydrogen) atoms. The summed E-state index contributed by atoms with van der Waals surface area (Å²) in [5.41, 5.74) is 0.965. The Bertz CT molecular complexity index is 489. The maximum absolute atomic E-state index is 12.4. The predicted molar refractivity (Wildman–Crippen MR) is 76.5 cm³/mol. The Labute approximate surface area is 111 Å². The first-order chi connectivity index (χ1) is 8.52. The standard InChI is InChI=1S/C15H22O2S/c1-4-6-7-10-14(5-2)18(16,17)15-11-8-9-13(3)12-15/h5,8-9,11-12,14H,2,4,6-7,10H2,1,3H3. The zero-order valence-electron chi connectivity index (χ0n) is 11.2. The van der Waals surface area contributed by atoms with Crippen LogP contribution in [0.5, 0.6) is 0 Å². The molecule has 1 aromatic carbocycles. The highest BCUT2D eigenvalue weighted by Crippen LogP contribution is 2.22. The first-order valence-corrected chi connectivity index (χ1v) is 8.00. The van der Waals surface area contributed by atoms with Crippen LogP contribution in [0.1, 0.15) is 38.2 Å². The van der Waals surface area contributed by atoms with Crippen LogP contribution in [0.2, 0.25) is 0 Å². The fourth-order valence-electron chi connectivity index (χ4n) is 1.96. The van der Waals surface area contributed by atoms with E-state index >= 15 is 0 Å². The van der Waals surface area contributed by atoms with Crippen LogP contribution in [0.4, 0.5) is 0 Å².